The van der Waals surface area contributed by atoms with Crippen molar-refractivity contribution in [2.45, 2.75) is 12.8 Å². The van der Waals surface area contributed by atoms with Crippen LogP contribution in [0.4, 0.5) is 27.8 Å². The highest BCUT2D eigenvalue weighted by Crippen LogP contribution is 2.38. The van der Waals surface area contributed by atoms with E-state index >= 15 is 0 Å². The van der Waals surface area contributed by atoms with Gasteiger partial charge in [0, 0.05) is 0 Å². The maximum atomic E-state index is 12.7. The molecule has 0 atom stereocenters. The summed E-state index contributed by atoms with van der Waals surface area (Å²) in [7, 11) is 0. The van der Waals surface area contributed by atoms with Crippen LogP contribution >= 0.6 is 0 Å². The second kappa shape index (κ2) is 5.22. The molecule has 110 valence electrons. The van der Waals surface area contributed by atoms with Gasteiger partial charge in [0.05, 0.1) is 5.56 Å². The number of pyridine rings is 1. The molecule has 0 fully saturated rings. The number of nitrogens with zero attached hydrogens (tertiary/aromatic N) is 2. The van der Waals surface area contributed by atoms with Crippen LogP contribution in [0.2, 0.25) is 0 Å². The van der Waals surface area contributed by atoms with E-state index in [1.54, 1.807) is 0 Å². The van der Waals surface area contributed by atoms with Gasteiger partial charge in [0.2, 0.25) is 0 Å². The van der Waals surface area contributed by atoms with E-state index in [1.165, 1.54) is 0 Å². The first kappa shape index (κ1) is 15.5. The minimum absolute atomic E-state index is 0.0134. The average Bonchev–Trinajstić information content (AvgIpc) is 2.24. The lowest BCUT2D eigenvalue weighted by atomic mass is 10.1. The number of nitro groups is 1. The van der Waals surface area contributed by atoms with Crippen molar-refractivity contribution in [2.75, 3.05) is 0 Å². The van der Waals surface area contributed by atoms with Crippen LogP contribution in [0, 0.1) is 10.1 Å². The van der Waals surface area contributed by atoms with Gasteiger partial charge in [0.15, 0.2) is 17.5 Å². The molecule has 0 spiro atoms. The molecule has 0 aliphatic heterocycles. The van der Waals surface area contributed by atoms with Crippen molar-refractivity contribution in [3.05, 3.63) is 27.4 Å². The summed E-state index contributed by atoms with van der Waals surface area (Å²) in [6, 6.07) is 0. The third-order valence-corrected chi connectivity index (χ3v) is 1.89. The zero-order valence-corrected chi connectivity index (χ0v) is 9.02. The van der Waals surface area contributed by atoms with E-state index in [0.717, 1.165) is 0 Å². The summed E-state index contributed by atoms with van der Waals surface area (Å²) in [5.74, 6) is -5.36. The molecule has 0 bridgehead atoms. The Morgan fingerprint density at radius 3 is 2.35 bits per heavy atom. The van der Waals surface area contributed by atoms with E-state index in [-0.39, 0.29) is 6.20 Å². The molecule has 12 heteroatoms. The van der Waals surface area contributed by atoms with Crippen LogP contribution in [0.15, 0.2) is 6.20 Å². The molecule has 0 amide bonds. The molecule has 0 saturated heterocycles. The molecule has 0 radical (unpaired) electrons. The number of carbonyl (C=O) groups is 1. The van der Waals surface area contributed by atoms with Gasteiger partial charge in [-0.2, -0.15) is 0 Å². The zero-order valence-electron chi connectivity index (χ0n) is 9.02. The quantitative estimate of drug-likeness (QED) is 0.521. The number of ether oxygens (including phenoxy) is 1. The molecule has 1 heterocycles. The van der Waals surface area contributed by atoms with Gasteiger partial charge in [-0.05, 0) is 9.91 Å². The van der Waals surface area contributed by atoms with E-state index in [0.29, 0.717) is 0 Å². The molecule has 0 aromatic carbocycles. The first-order chi connectivity index (χ1) is 9.04. The molecule has 0 aliphatic carbocycles. The first-order valence-electron chi connectivity index (χ1n) is 4.49. The smallest absolute Gasteiger partial charge is 0.477 e. The van der Waals surface area contributed by atoms with E-state index < -0.39 is 46.4 Å². The molecular formula is C8H3F5N2O5. The molecule has 7 nitrogen and oxygen atoms in total. The monoisotopic (exact) mass is 302 g/mol. The van der Waals surface area contributed by atoms with Crippen LogP contribution in [0.1, 0.15) is 22.3 Å². The fourth-order valence-electron chi connectivity index (χ4n) is 1.27. The highest BCUT2D eigenvalue weighted by molar-refractivity contribution is 5.94. The van der Waals surface area contributed by atoms with Gasteiger partial charge in [-0.1, -0.05) is 0 Å². The fraction of sp³-hybridized carbons (Fsp3) is 0.250. The van der Waals surface area contributed by atoms with Gasteiger partial charge in [0.25, 0.3) is 6.43 Å². The molecule has 1 rings (SSSR count). The van der Waals surface area contributed by atoms with Gasteiger partial charge in [0.1, 0.15) is 0 Å². The highest BCUT2D eigenvalue weighted by Gasteiger charge is 2.39. The minimum atomic E-state index is -5.39. The second-order valence-electron chi connectivity index (χ2n) is 3.15. The topological polar surface area (TPSA) is 103 Å². The van der Waals surface area contributed by atoms with Gasteiger partial charge in [-0.25, -0.2) is 13.6 Å². The van der Waals surface area contributed by atoms with Crippen molar-refractivity contribution in [3.8, 4) is 5.75 Å². The minimum Gasteiger partial charge on any atom is -0.477 e. The van der Waals surface area contributed by atoms with Crippen LogP contribution in [0.3, 0.4) is 0 Å². The molecule has 0 aliphatic rings. The third kappa shape index (κ3) is 3.27. The molecule has 1 N–H and O–H groups in total. The van der Waals surface area contributed by atoms with E-state index in [4.69, 9.17) is 5.11 Å². The van der Waals surface area contributed by atoms with Crippen molar-refractivity contribution in [1.29, 1.82) is 0 Å². The Morgan fingerprint density at radius 2 is 2.00 bits per heavy atom. The first-order valence-corrected chi connectivity index (χ1v) is 4.49. The van der Waals surface area contributed by atoms with E-state index in [9.17, 15) is 36.9 Å². The number of carboxylic acid groups (broad SMARTS) is 1. The molecule has 0 unspecified atom stereocenters. The van der Waals surface area contributed by atoms with Crippen LogP contribution in [0.5, 0.6) is 5.75 Å². The Kier molecular flexibility index (Phi) is 4.06. The molecular weight excluding hydrogens is 299 g/mol. The summed E-state index contributed by atoms with van der Waals surface area (Å²) in [6.45, 7) is 0. The number of rotatable bonds is 4. The number of halogens is 5. The molecule has 1 aromatic rings. The summed E-state index contributed by atoms with van der Waals surface area (Å²) < 4.78 is 64.6. The summed E-state index contributed by atoms with van der Waals surface area (Å²) in [5, 5.41) is 19.1. The number of aromatic nitrogens is 1. The zero-order chi connectivity index (χ0) is 15.7. The lowest BCUT2D eigenvalue weighted by Crippen LogP contribution is -2.20. The Hall–Kier alpha value is -2.53. The predicted octanol–water partition coefficient (Wildman–Crippen LogP) is 2.52. The Balaban J connectivity index is 3.61. The lowest BCUT2D eigenvalue weighted by Gasteiger charge is -2.13. The number of alkyl halides is 5. The van der Waals surface area contributed by atoms with Crippen molar-refractivity contribution >= 4 is 11.8 Å². The van der Waals surface area contributed by atoms with Crippen molar-refractivity contribution < 1.29 is 41.5 Å². The van der Waals surface area contributed by atoms with Crippen LogP contribution in [-0.4, -0.2) is 27.3 Å². The van der Waals surface area contributed by atoms with Crippen LogP contribution in [0.25, 0.3) is 0 Å². The molecule has 20 heavy (non-hydrogen) atoms. The second-order valence-corrected chi connectivity index (χ2v) is 3.15. The van der Waals surface area contributed by atoms with E-state index in [2.05, 4.69) is 9.72 Å². The van der Waals surface area contributed by atoms with Crippen LogP contribution in [-0.2, 0) is 0 Å². The summed E-state index contributed by atoms with van der Waals surface area (Å²) in [5.41, 5.74) is -3.43. The standard InChI is InChI=1S/C8H3F5N2O5/c9-5(10)3-2(20-8(11,12)13)1-14-6(15(18)19)4(3)7(16)17/h1,5H,(H,16,17). The van der Waals surface area contributed by atoms with Gasteiger partial charge < -0.3 is 20.0 Å². The summed E-state index contributed by atoms with van der Waals surface area (Å²) in [4.78, 5) is 22.6. The summed E-state index contributed by atoms with van der Waals surface area (Å²) in [6.07, 6.45) is -9.13. The largest absolute Gasteiger partial charge is 0.573 e. The third-order valence-electron chi connectivity index (χ3n) is 1.89. The van der Waals surface area contributed by atoms with E-state index in [1.807, 2.05) is 0 Å². The number of carboxylic acids is 1. The predicted molar refractivity (Wildman–Crippen MR) is 49.5 cm³/mol. The molecule has 0 saturated carbocycles. The maximum Gasteiger partial charge on any atom is 0.573 e. The normalized spacial score (nSPS) is 11.5. The number of hydrogen-bond donors (Lipinski definition) is 1. The Labute approximate surface area is 105 Å². The SMILES string of the molecule is O=C(O)c1c([N+](=O)[O-])ncc(OC(F)(F)F)c1C(F)F. The highest BCUT2D eigenvalue weighted by atomic mass is 19.4. The van der Waals surface area contributed by atoms with Gasteiger partial charge in [-0.3, -0.25) is 0 Å². The average molecular weight is 302 g/mol. The van der Waals surface area contributed by atoms with Gasteiger partial charge in [-0.15, -0.1) is 13.2 Å². The number of hydrogen-bond acceptors (Lipinski definition) is 5. The van der Waals surface area contributed by atoms with Gasteiger partial charge >= 0.3 is 18.1 Å². The Morgan fingerprint density at radius 1 is 1.45 bits per heavy atom. The lowest BCUT2D eigenvalue weighted by molar-refractivity contribution is -0.390. The fourth-order valence-corrected chi connectivity index (χ4v) is 1.27. The van der Waals surface area contributed by atoms with Crippen molar-refractivity contribution in [2.24, 2.45) is 0 Å². The Bertz CT molecular complexity index is 559. The summed E-state index contributed by atoms with van der Waals surface area (Å²) >= 11 is 0. The van der Waals surface area contributed by atoms with Crippen molar-refractivity contribution in [3.63, 3.8) is 0 Å². The maximum absolute atomic E-state index is 12.7. The van der Waals surface area contributed by atoms with Crippen LogP contribution < -0.4 is 4.74 Å². The molecule has 1 aromatic heterocycles. The number of aromatic carboxylic acids is 1. The van der Waals surface area contributed by atoms with Crippen molar-refractivity contribution in [1.82, 2.24) is 4.98 Å².